The highest BCUT2D eigenvalue weighted by Crippen LogP contribution is 2.19. The molecule has 0 saturated heterocycles. The van der Waals surface area contributed by atoms with E-state index in [0.29, 0.717) is 0 Å². The van der Waals surface area contributed by atoms with Gasteiger partial charge < -0.3 is 14.5 Å². The maximum Gasteiger partial charge on any atom is 0.160 e. The van der Waals surface area contributed by atoms with Crippen LogP contribution in [0, 0.1) is 0 Å². The number of nitrogens with zero attached hydrogens (tertiary/aromatic N) is 7. The molecular weight excluding hydrogens is 292 g/mol. The highest BCUT2D eigenvalue weighted by molar-refractivity contribution is 5.50. The van der Waals surface area contributed by atoms with Crippen LogP contribution < -0.4 is 5.32 Å². The summed E-state index contributed by atoms with van der Waals surface area (Å²) < 4.78 is 6.27. The highest BCUT2D eigenvalue weighted by Gasteiger charge is 2.16. The molecule has 0 unspecified atom stereocenters. The van der Waals surface area contributed by atoms with Crippen molar-refractivity contribution in [1.82, 2.24) is 39.4 Å². The quantitative estimate of drug-likeness (QED) is 0.750. The fraction of sp³-hybridized carbons (Fsp3) is 0.467. The summed E-state index contributed by atoms with van der Waals surface area (Å²) in [5.41, 5.74) is 2.15. The van der Waals surface area contributed by atoms with Gasteiger partial charge in [0.1, 0.15) is 17.8 Å². The van der Waals surface area contributed by atoms with E-state index in [2.05, 4.69) is 47.3 Å². The zero-order chi connectivity index (χ0) is 15.6. The smallest absolute Gasteiger partial charge is 0.160 e. The van der Waals surface area contributed by atoms with Gasteiger partial charge in [-0.25, -0.2) is 4.98 Å². The van der Waals surface area contributed by atoms with Crippen LogP contribution in [0.4, 0.5) is 0 Å². The molecular formula is C15H20N8. The summed E-state index contributed by atoms with van der Waals surface area (Å²) in [6.45, 7) is 6.55. The monoisotopic (exact) mass is 312 g/mol. The number of aryl methyl sites for hydroxylation is 3. The molecule has 0 spiro atoms. The summed E-state index contributed by atoms with van der Waals surface area (Å²) in [4.78, 5) is 4.50. The Labute approximate surface area is 134 Å². The van der Waals surface area contributed by atoms with Gasteiger partial charge in [-0.15, -0.1) is 10.2 Å². The molecule has 0 saturated carbocycles. The van der Waals surface area contributed by atoms with Crippen molar-refractivity contribution in [1.29, 1.82) is 0 Å². The van der Waals surface area contributed by atoms with Crippen LogP contribution in [-0.4, -0.2) is 40.6 Å². The zero-order valence-corrected chi connectivity index (χ0v) is 13.2. The van der Waals surface area contributed by atoms with E-state index in [9.17, 15) is 0 Å². The SMILES string of the molecule is CCn1cnnc1CCn1ccnc1-c1cc2n(n1)CCNC2. The Bertz CT molecular complexity index is 773. The molecule has 3 aromatic rings. The molecule has 0 atom stereocenters. The van der Waals surface area contributed by atoms with Crippen LogP contribution in [0.5, 0.6) is 0 Å². The minimum absolute atomic E-state index is 0.814. The van der Waals surface area contributed by atoms with Gasteiger partial charge in [-0.3, -0.25) is 4.68 Å². The topological polar surface area (TPSA) is 78.4 Å². The first-order chi connectivity index (χ1) is 11.3. The van der Waals surface area contributed by atoms with Gasteiger partial charge in [-0.2, -0.15) is 5.10 Å². The lowest BCUT2D eigenvalue weighted by molar-refractivity contribution is 0.476. The van der Waals surface area contributed by atoms with E-state index in [1.807, 2.05) is 12.4 Å². The summed E-state index contributed by atoms with van der Waals surface area (Å²) in [5, 5.41) is 16.2. The van der Waals surface area contributed by atoms with Gasteiger partial charge >= 0.3 is 0 Å². The van der Waals surface area contributed by atoms with E-state index < -0.39 is 0 Å². The fourth-order valence-corrected chi connectivity index (χ4v) is 2.98. The Morgan fingerprint density at radius 3 is 3.13 bits per heavy atom. The number of aromatic nitrogens is 7. The van der Waals surface area contributed by atoms with Crippen LogP contribution in [0.2, 0.25) is 0 Å². The Kier molecular flexibility index (Phi) is 3.66. The van der Waals surface area contributed by atoms with Crippen LogP contribution in [-0.2, 0) is 32.6 Å². The third-order valence-corrected chi connectivity index (χ3v) is 4.23. The molecule has 0 aliphatic carbocycles. The molecule has 8 heteroatoms. The summed E-state index contributed by atoms with van der Waals surface area (Å²) in [6.07, 6.45) is 6.43. The largest absolute Gasteiger partial charge is 0.329 e. The maximum absolute atomic E-state index is 4.69. The Morgan fingerprint density at radius 2 is 2.26 bits per heavy atom. The van der Waals surface area contributed by atoms with Crippen molar-refractivity contribution < 1.29 is 0 Å². The van der Waals surface area contributed by atoms with Crippen molar-refractivity contribution in [3.63, 3.8) is 0 Å². The maximum atomic E-state index is 4.69. The van der Waals surface area contributed by atoms with Crippen LogP contribution >= 0.6 is 0 Å². The highest BCUT2D eigenvalue weighted by atomic mass is 15.3. The van der Waals surface area contributed by atoms with Crippen LogP contribution in [0.25, 0.3) is 11.5 Å². The normalized spacial score (nSPS) is 14.1. The minimum Gasteiger partial charge on any atom is -0.329 e. The number of hydrogen-bond acceptors (Lipinski definition) is 5. The Hall–Kier alpha value is -2.48. The Morgan fingerprint density at radius 1 is 1.30 bits per heavy atom. The first-order valence-electron chi connectivity index (χ1n) is 8.01. The van der Waals surface area contributed by atoms with E-state index in [4.69, 9.17) is 5.10 Å². The van der Waals surface area contributed by atoms with Gasteiger partial charge in [-0.05, 0) is 13.0 Å². The van der Waals surface area contributed by atoms with Crippen molar-refractivity contribution in [3.05, 3.63) is 36.3 Å². The first-order valence-corrected chi connectivity index (χ1v) is 8.01. The minimum atomic E-state index is 0.814. The predicted octanol–water partition coefficient (Wildman–Crippen LogP) is 0.704. The molecule has 23 heavy (non-hydrogen) atoms. The molecule has 0 amide bonds. The molecule has 120 valence electrons. The van der Waals surface area contributed by atoms with Crippen molar-refractivity contribution >= 4 is 0 Å². The van der Waals surface area contributed by atoms with Crippen molar-refractivity contribution in [2.45, 2.75) is 39.5 Å². The van der Waals surface area contributed by atoms with E-state index >= 15 is 0 Å². The average Bonchev–Trinajstić information content (AvgIpc) is 3.30. The zero-order valence-electron chi connectivity index (χ0n) is 13.2. The van der Waals surface area contributed by atoms with E-state index in [1.54, 1.807) is 6.33 Å². The van der Waals surface area contributed by atoms with E-state index in [1.165, 1.54) is 5.69 Å². The molecule has 0 radical (unpaired) electrons. The third kappa shape index (κ3) is 2.65. The van der Waals surface area contributed by atoms with Crippen LogP contribution in [0.15, 0.2) is 24.8 Å². The molecule has 4 heterocycles. The first kappa shape index (κ1) is 14.1. The lowest BCUT2D eigenvalue weighted by Gasteiger charge is -2.13. The molecule has 0 fully saturated rings. The number of fused-ring (bicyclic) bond motifs is 1. The van der Waals surface area contributed by atoms with Gasteiger partial charge in [0.25, 0.3) is 0 Å². The summed E-state index contributed by atoms with van der Waals surface area (Å²) in [6, 6.07) is 2.12. The molecule has 1 aliphatic heterocycles. The van der Waals surface area contributed by atoms with Crippen molar-refractivity contribution in [2.75, 3.05) is 6.54 Å². The number of nitrogens with one attached hydrogen (secondary N) is 1. The van der Waals surface area contributed by atoms with Crippen LogP contribution in [0.1, 0.15) is 18.4 Å². The van der Waals surface area contributed by atoms with Gasteiger partial charge in [-0.1, -0.05) is 0 Å². The molecule has 0 aromatic carbocycles. The van der Waals surface area contributed by atoms with Crippen molar-refractivity contribution in [3.8, 4) is 11.5 Å². The molecule has 0 bridgehead atoms. The molecule has 8 nitrogen and oxygen atoms in total. The average molecular weight is 312 g/mol. The summed E-state index contributed by atoms with van der Waals surface area (Å²) >= 11 is 0. The predicted molar refractivity (Wildman–Crippen MR) is 84.6 cm³/mol. The van der Waals surface area contributed by atoms with Gasteiger partial charge in [0.05, 0.1) is 12.2 Å². The van der Waals surface area contributed by atoms with Crippen LogP contribution in [0.3, 0.4) is 0 Å². The fourth-order valence-electron chi connectivity index (χ4n) is 2.98. The molecule has 3 aromatic heterocycles. The van der Waals surface area contributed by atoms with Gasteiger partial charge in [0, 0.05) is 45.0 Å². The summed E-state index contributed by atoms with van der Waals surface area (Å²) in [5.74, 6) is 1.91. The number of rotatable bonds is 5. The lowest BCUT2D eigenvalue weighted by Crippen LogP contribution is -2.28. The lowest BCUT2D eigenvalue weighted by atomic mass is 10.3. The molecule has 4 rings (SSSR count). The second kappa shape index (κ2) is 5.96. The third-order valence-electron chi connectivity index (χ3n) is 4.23. The standard InChI is InChI=1S/C15H20N8/c1-2-21-11-18-19-14(21)3-6-22-7-5-17-15(22)13-9-12-10-16-4-8-23(12)20-13/h5,7,9,11,16H,2-4,6,8,10H2,1H3. The molecule has 1 N–H and O–H groups in total. The van der Waals surface area contributed by atoms with Gasteiger partial charge in [0.15, 0.2) is 5.82 Å². The number of imidazole rings is 1. The number of hydrogen-bond donors (Lipinski definition) is 1. The summed E-state index contributed by atoms with van der Waals surface area (Å²) in [7, 11) is 0. The molecule has 1 aliphatic rings. The Balaban J connectivity index is 1.55. The van der Waals surface area contributed by atoms with E-state index in [0.717, 1.165) is 56.5 Å². The van der Waals surface area contributed by atoms with E-state index in [-0.39, 0.29) is 0 Å². The van der Waals surface area contributed by atoms with Gasteiger partial charge in [0.2, 0.25) is 0 Å². The van der Waals surface area contributed by atoms with Crippen molar-refractivity contribution in [2.24, 2.45) is 0 Å². The second-order valence-electron chi connectivity index (χ2n) is 5.65. The second-order valence-corrected chi connectivity index (χ2v) is 5.65.